The minimum Gasteiger partial charge on any atom is -0.392 e. The van der Waals surface area contributed by atoms with Crippen LogP contribution in [0, 0.1) is 5.82 Å². The number of benzene rings is 1. The van der Waals surface area contributed by atoms with Gasteiger partial charge < -0.3 is 5.11 Å². The van der Waals surface area contributed by atoms with Crippen molar-refractivity contribution < 1.29 is 9.50 Å². The third kappa shape index (κ3) is 1.58. The maximum absolute atomic E-state index is 13.4. The first-order valence-corrected chi connectivity index (χ1v) is 4.89. The van der Waals surface area contributed by atoms with Gasteiger partial charge in [0.15, 0.2) is 0 Å². The zero-order chi connectivity index (χ0) is 9.97. The fourth-order valence-electron chi connectivity index (χ4n) is 2.01. The zero-order valence-corrected chi connectivity index (χ0v) is 7.96. The van der Waals surface area contributed by atoms with Gasteiger partial charge in [0.2, 0.25) is 0 Å². The molecule has 0 aromatic heterocycles. The molecule has 0 radical (unpaired) electrons. The van der Waals surface area contributed by atoms with E-state index in [4.69, 9.17) is 5.11 Å². The molecule has 0 heterocycles. The van der Waals surface area contributed by atoms with Crippen LogP contribution in [0.3, 0.4) is 0 Å². The third-order valence-corrected chi connectivity index (χ3v) is 2.72. The number of aliphatic hydroxyl groups is 1. The van der Waals surface area contributed by atoms with E-state index in [0.29, 0.717) is 5.56 Å². The number of halogens is 1. The minimum atomic E-state index is -0.185. The Labute approximate surface area is 82.9 Å². The molecule has 0 aliphatic heterocycles. The molecule has 1 aliphatic rings. The summed E-state index contributed by atoms with van der Waals surface area (Å²) in [4.78, 5) is 0. The lowest BCUT2D eigenvalue weighted by Crippen LogP contribution is -1.92. The maximum Gasteiger partial charge on any atom is 0.130 e. The Bertz CT molecular complexity index is 368. The highest BCUT2D eigenvalue weighted by atomic mass is 19.1. The van der Waals surface area contributed by atoms with E-state index in [0.717, 1.165) is 30.4 Å². The van der Waals surface area contributed by atoms with E-state index in [1.54, 1.807) is 12.1 Å². The van der Waals surface area contributed by atoms with E-state index in [9.17, 15) is 4.39 Å². The number of aliphatic hydroxyl groups excluding tert-OH is 1. The highest BCUT2D eigenvalue weighted by molar-refractivity contribution is 5.71. The Balaban J connectivity index is 2.44. The van der Waals surface area contributed by atoms with Crippen molar-refractivity contribution in [3.8, 4) is 0 Å². The Morgan fingerprint density at radius 1 is 1.21 bits per heavy atom. The van der Waals surface area contributed by atoms with Crippen molar-refractivity contribution in [2.45, 2.75) is 19.3 Å². The number of allylic oxidation sites excluding steroid dienone is 1. The van der Waals surface area contributed by atoms with E-state index < -0.39 is 0 Å². The monoisotopic (exact) mass is 192 g/mol. The van der Waals surface area contributed by atoms with Gasteiger partial charge in [-0.05, 0) is 36.5 Å². The largest absolute Gasteiger partial charge is 0.392 e. The Morgan fingerprint density at radius 3 is 2.71 bits per heavy atom. The van der Waals surface area contributed by atoms with Gasteiger partial charge in [-0.3, -0.25) is 0 Å². The second-order valence-corrected chi connectivity index (χ2v) is 3.57. The second-order valence-electron chi connectivity index (χ2n) is 3.57. The lowest BCUT2D eigenvalue weighted by atomic mass is 10.0. The van der Waals surface area contributed by atoms with Gasteiger partial charge in [0.25, 0.3) is 0 Å². The topological polar surface area (TPSA) is 20.2 Å². The van der Waals surface area contributed by atoms with Crippen molar-refractivity contribution in [3.05, 3.63) is 41.2 Å². The van der Waals surface area contributed by atoms with Crippen LogP contribution in [0.25, 0.3) is 5.57 Å². The molecule has 0 amide bonds. The summed E-state index contributed by atoms with van der Waals surface area (Å²) in [6, 6.07) is 6.77. The van der Waals surface area contributed by atoms with Crippen molar-refractivity contribution >= 4 is 5.57 Å². The predicted octanol–water partition coefficient (Wildman–Crippen LogP) is 2.76. The average Bonchev–Trinajstić information content (AvgIpc) is 2.66. The molecule has 0 saturated carbocycles. The summed E-state index contributed by atoms with van der Waals surface area (Å²) in [6.07, 6.45) is 2.82. The van der Waals surface area contributed by atoms with Crippen LogP contribution < -0.4 is 0 Å². The van der Waals surface area contributed by atoms with E-state index in [-0.39, 0.29) is 12.4 Å². The van der Waals surface area contributed by atoms with Gasteiger partial charge in [0.1, 0.15) is 5.82 Å². The maximum atomic E-state index is 13.4. The fourth-order valence-corrected chi connectivity index (χ4v) is 2.01. The van der Waals surface area contributed by atoms with Crippen LogP contribution in [0.2, 0.25) is 0 Å². The molecule has 0 saturated heterocycles. The summed E-state index contributed by atoms with van der Waals surface area (Å²) in [7, 11) is 0. The highest BCUT2D eigenvalue weighted by Crippen LogP contribution is 2.34. The quantitative estimate of drug-likeness (QED) is 0.763. The van der Waals surface area contributed by atoms with Crippen LogP contribution in [-0.2, 0) is 0 Å². The van der Waals surface area contributed by atoms with Crippen molar-refractivity contribution in [2.75, 3.05) is 6.61 Å². The number of hydrogen-bond acceptors (Lipinski definition) is 1. The normalized spacial score (nSPS) is 16.4. The van der Waals surface area contributed by atoms with Crippen LogP contribution >= 0.6 is 0 Å². The van der Waals surface area contributed by atoms with E-state index in [1.165, 1.54) is 6.07 Å². The van der Waals surface area contributed by atoms with Crippen molar-refractivity contribution in [1.82, 2.24) is 0 Å². The van der Waals surface area contributed by atoms with Gasteiger partial charge in [-0.15, -0.1) is 0 Å². The molecule has 14 heavy (non-hydrogen) atoms. The molecule has 1 aromatic rings. The second kappa shape index (κ2) is 3.93. The van der Waals surface area contributed by atoms with Crippen molar-refractivity contribution in [3.63, 3.8) is 0 Å². The van der Waals surface area contributed by atoms with Crippen LogP contribution in [-0.4, -0.2) is 11.7 Å². The summed E-state index contributed by atoms with van der Waals surface area (Å²) in [6.45, 7) is 0.0592. The molecule has 0 bridgehead atoms. The molecular formula is C12H13FO. The average molecular weight is 192 g/mol. The van der Waals surface area contributed by atoms with Crippen molar-refractivity contribution in [2.24, 2.45) is 0 Å². The first-order valence-electron chi connectivity index (χ1n) is 4.89. The Hall–Kier alpha value is -1.15. The molecule has 1 aromatic carbocycles. The smallest absolute Gasteiger partial charge is 0.130 e. The predicted molar refractivity (Wildman–Crippen MR) is 54.3 cm³/mol. The van der Waals surface area contributed by atoms with E-state index >= 15 is 0 Å². The molecule has 2 heteroatoms. The van der Waals surface area contributed by atoms with Gasteiger partial charge in [0, 0.05) is 5.56 Å². The van der Waals surface area contributed by atoms with Gasteiger partial charge in [0.05, 0.1) is 6.61 Å². The van der Waals surface area contributed by atoms with E-state index in [2.05, 4.69) is 0 Å². The van der Waals surface area contributed by atoms with Crippen molar-refractivity contribution in [1.29, 1.82) is 0 Å². The minimum absolute atomic E-state index is 0.0592. The van der Waals surface area contributed by atoms with Gasteiger partial charge in [-0.1, -0.05) is 18.2 Å². The lowest BCUT2D eigenvalue weighted by molar-refractivity contribution is 0.328. The molecule has 0 unspecified atom stereocenters. The molecule has 1 nitrogen and oxygen atoms in total. The molecule has 0 atom stereocenters. The molecule has 74 valence electrons. The summed E-state index contributed by atoms with van der Waals surface area (Å²) >= 11 is 0. The molecule has 2 rings (SSSR count). The van der Waals surface area contributed by atoms with Crippen LogP contribution in [0.5, 0.6) is 0 Å². The van der Waals surface area contributed by atoms with Crippen LogP contribution in [0.15, 0.2) is 29.8 Å². The van der Waals surface area contributed by atoms with Crippen LogP contribution in [0.1, 0.15) is 24.8 Å². The standard InChI is InChI=1S/C12H13FO/c13-12-7-2-1-5-11(12)10-6-3-4-9(10)8-14/h1-2,5,7,14H,3-4,6,8H2. The first-order chi connectivity index (χ1) is 6.83. The molecule has 1 aliphatic carbocycles. The summed E-state index contributed by atoms with van der Waals surface area (Å²) in [5, 5.41) is 9.11. The Morgan fingerprint density at radius 2 is 2.00 bits per heavy atom. The summed E-state index contributed by atoms with van der Waals surface area (Å²) in [5.41, 5.74) is 2.66. The lowest BCUT2D eigenvalue weighted by Gasteiger charge is -2.06. The summed E-state index contributed by atoms with van der Waals surface area (Å²) < 4.78 is 13.4. The number of hydrogen-bond donors (Lipinski definition) is 1. The van der Waals surface area contributed by atoms with Gasteiger partial charge in [-0.25, -0.2) is 4.39 Å². The summed E-state index contributed by atoms with van der Waals surface area (Å²) in [5.74, 6) is -0.185. The molecule has 1 N–H and O–H groups in total. The first kappa shape index (κ1) is 9.41. The third-order valence-electron chi connectivity index (χ3n) is 2.72. The highest BCUT2D eigenvalue weighted by Gasteiger charge is 2.17. The molecular weight excluding hydrogens is 179 g/mol. The molecule has 0 fully saturated rings. The van der Waals surface area contributed by atoms with Crippen LogP contribution in [0.4, 0.5) is 4.39 Å². The van der Waals surface area contributed by atoms with E-state index in [1.807, 2.05) is 6.07 Å². The van der Waals surface area contributed by atoms with Gasteiger partial charge >= 0.3 is 0 Å². The fraction of sp³-hybridized carbons (Fsp3) is 0.333. The SMILES string of the molecule is OCC1=C(c2ccccc2F)CCC1. The van der Waals surface area contributed by atoms with Gasteiger partial charge in [-0.2, -0.15) is 0 Å². The molecule has 0 spiro atoms. The number of rotatable bonds is 2. The zero-order valence-electron chi connectivity index (χ0n) is 7.96. The Kier molecular flexibility index (Phi) is 2.64.